The number of aryl methyl sites for hydroxylation is 1. The number of rotatable bonds is 4. The van der Waals surface area contributed by atoms with Gasteiger partial charge < -0.3 is 0 Å². The molecule has 0 aromatic carbocycles. The van der Waals surface area contributed by atoms with Gasteiger partial charge in [-0.1, -0.05) is 19.8 Å². The Morgan fingerprint density at radius 3 is 2.84 bits per heavy atom. The summed E-state index contributed by atoms with van der Waals surface area (Å²) in [6, 6.07) is 0. The number of carbonyl (C=O) groups is 1. The summed E-state index contributed by atoms with van der Waals surface area (Å²) in [7, 11) is 5.97. The van der Waals surface area contributed by atoms with Gasteiger partial charge in [0.15, 0.2) is 5.78 Å². The SMILES string of the molecule is CC1CCCC(C(=O)Cc2cnn(C)c2)(N(C)C)C1. The highest BCUT2D eigenvalue weighted by atomic mass is 16.1. The van der Waals surface area contributed by atoms with Crippen LogP contribution in [0.2, 0.25) is 0 Å². The van der Waals surface area contributed by atoms with Crippen molar-refractivity contribution >= 4 is 5.78 Å². The molecule has 106 valence electrons. The van der Waals surface area contributed by atoms with E-state index < -0.39 is 0 Å². The second-order valence-corrected chi connectivity index (χ2v) is 6.25. The summed E-state index contributed by atoms with van der Waals surface area (Å²) in [5, 5.41) is 4.15. The molecule has 4 heteroatoms. The molecule has 0 saturated heterocycles. The van der Waals surface area contributed by atoms with Gasteiger partial charge in [0.1, 0.15) is 0 Å². The van der Waals surface area contributed by atoms with Crippen LogP contribution < -0.4 is 0 Å². The summed E-state index contributed by atoms with van der Waals surface area (Å²) in [4.78, 5) is 14.9. The van der Waals surface area contributed by atoms with Gasteiger partial charge >= 0.3 is 0 Å². The van der Waals surface area contributed by atoms with Crippen molar-refractivity contribution in [1.82, 2.24) is 14.7 Å². The van der Waals surface area contributed by atoms with E-state index in [0.717, 1.165) is 24.8 Å². The predicted octanol–water partition coefficient (Wildman–Crippen LogP) is 2.04. The molecule has 0 aliphatic heterocycles. The fourth-order valence-corrected chi connectivity index (χ4v) is 3.35. The van der Waals surface area contributed by atoms with Gasteiger partial charge in [-0.05, 0) is 38.4 Å². The Labute approximate surface area is 115 Å². The zero-order valence-corrected chi connectivity index (χ0v) is 12.5. The Morgan fingerprint density at radius 1 is 1.58 bits per heavy atom. The Bertz CT molecular complexity index is 452. The van der Waals surface area contributed by atoms with Crippen LogP contribution in [-0.2, 0) is 18.3 Å². The zero-order valence-electron chi connectivity index (χ0n) is 12.5. The summed E-state index contributed by atoms with van der Waals surface area (Å²) < 4.78 is 1.76. The highest BCUT2D eigenvalue weighted by Crippen LogP contribution is 2.37. The van der Waals surface area contributed by atoms with E-state index >= 15 is 0 Å². The largest absolute Gasteiger partial charge is 0.297 e. The van der Waals surface area contributed by atoms with Crippen molar-refractivity contribution in [3.05, 3.63) is 18.0 Å². The Balaban J connectivity index is 2.16. The third-order valence-electron chi connectivity index (χ3n) is 4.47. The Hall–Kier alpha value is -1.16. The first-order valence-electron chi connectivity index (χ1n) is 7.12. The van der Waals surface area contributed by atoms with Crippen LogP contribution in [0.5, 0.6) is 0 Å². The maximum atomic E-state index is 12.8. The standard InChI is InChI=1S/C15H25N3O/c1-12-6-5-7-15(9-12,17(2)3)14(19)8-13-10-16-18(4)11-13/h10-12H,5-9H2,1-4H3. The average molecular weight is 263 g/mol. The van der Waals surface area contributed by atoms with E-state index in [4.69, 9.17) is 0 Å². The Kier molecular flexibility index (Phi) is 4.09. The molecule has 1 aliphatic carbocycles. The normalized spacial score (nSPS) is 27.7. The first-order chi connectivity index (χ1) is 8.94. The van der Waals surface area contributed by atoms with Gasteiger partial charge in [0.05, 0.1) is 11.7 Å². The van der Waals surface area contributed by atoms with Crippen molar-refractivity contribution in [2.75, 3.05) is 14.1 Å². The number of ketones is 1. The minimum atomic E-state index is -0.270. The van der Waals surface area contributed by atoms with E-state index in [1.54, 1.807) is 10.9 Å². The van der Waals surface area contributed by atoms with E-state index in [0.29, 0.717) is 18.1 Å². The topological polar surface area (TPSA) is 38.1 Å². The first kappa shape index (κ1) is 14.3. The molecule has 1 aliphatic rings. The van der Waals surface area contributed by atoms with Crippen LogP contribution in [0, 0.1) is 5.92 Å². The molecule has 2 atom stereocenters. The van der Waals surface area contributed by atoms with E-state index in [9.17, 15) is 4.79 Å². The molecule has 2 rings (SSSR count). The summed E-state index contributed by atoms with van der Waals surface area (Å²) in [6.07, 6.45) is 8.61. The smallest absolute Gasteiger partial charge is 0.157 e. The molecule has 0 bridgehead atoms. The second-order valence-electron chi connectivity index (χ2n) is 6.25. The van der Waals surface area contributed by atoms with Crippen molar-refractivity contribution < 1.29 is 4.79 Å². The number of aromatic nitrogens is 2. The number of hydrogen-bond donors (Lipinski definition) is 0. The lowest BCUT2D eigenvalue weighted by Gasteiger charge is -2.43. The molecule has 1 saturated carbocycles. The summed E-state index contributed by atoms with van der Waals surface area (Å²) in [6.45, 7) is 2.26. The second kappa shape index (κ2) is 5.45. The van der Waals surface area contributed by atoms with Crippen LogP contribution in [0.4, 0.5) is 0 Å². The summed E-state index contributed by atoms with van der Waals surface area (Å²) in [5.74, 6) is 0.978. The predicted molar refractivity (Wildman–Crippen MR) is 76.0 cm³/mol. The fraction of sp³-hybridized carbons (Fsp3) is 0.733. The highest BCUT2D eigenvalue weighted by Gasteiger charge is 2.42. The van der Waals surface area contributed by atoms with Gasteiger partial charge in [0, 0.05) is 19.7 Å². The van der Waals surface area contributed by atoms with Crippen LogP contribution in [-0.4, -0.2) is 40.1 Å². The van der Waals surface area contributed by atoms with Gasteiger partial charge in [-0.25, -0.2) is 0 Å². The molecular weight excluding hydrogens is 238 g/mol. The average Bonchev–Trinajstić information content (AvgIpc) is 2.74. The molecule has 1 aromatic rings. The van der Waals surface area contributed by atoms with Gasteiger partial charge in [0.25, 0.3) is 0 Å². The van der Waals surface area contributed by atoms with E-state index in [1.807, 2.05) is 27.3 Å². The zero-order chi connectivity index (χ0) is 14.0. The molecule has 0 amide bonds. The lowest BCUT2D eigenvalue weighted by atomic mass is 9.72. The van der Waals surface area contributed by atoms with Crippen molar-refractivity contribution in [3.63, 3.8) is 0 Å². The van der Waals surface area contributed by atoms with Crippen molar-refractivity contribution in [3.8, 4) is 0 Å². The quantitative estimate of drug-likeness (QED) is 0.834. The van der Waals surface area contributed by atoms with Crippen LogP contribution in [0.1, 0.15) is 38.2 Å². The maximum absolute atomic E-state index is 12.8. The number of hydrogen-bond acceptors (Lipinski definition) is 3. The van der Waals surface area contributed by atoms with Crippen LogP contribution in [0.25, 0.3) is 0 Å². The van der Waals surface area contributed by atoms with Crippen molar-refractivity contribution in [2.45, 2.75) is 44.6 Å². The summed E-state index contributed by atoms with van der Waals surface area (Å²) in [5.41, 5.74) is 0.750. The van der Waals surface area contributed by atoms with Crippen LogP contribution in [0.3, 0.4) is 0 Å². The number of carbonyl (C=O) groups excluding carboxylic acids is 1. The van der Waals surface area contributed by atoms with Gasteiger partial charge in [-0.2, -0.15) is 5.10 Å². The molecule has 2 unspecified atom stereocenters. The third kappa shape index (κ3) is 2.89. The molecule has 0 N–H and O–H groups in total. The minimum absolute atomic E-state index is 0.270. The van der Waals surface area contributed by atoms with Gasteiger partial charge in [-0.15, -0.1) is 0 Å². The Morgan fingerprint density at radius 2 is 2.32 bits per heavy atom. The molecule has 1 fully saturated rings. The molecule has 4 nitrogen and oxygen atoms in total. The van der Waals surface area contributed by atoms with Crippen LogP contribution in [0.15, 0.2) is 12.4 Å². The number of likely N-dealkylation sites (N-methyl/N-ethyl adjacent to an activating group) is 1. The molecule has 1 aromatic heterocycles. The lowest BCUT2D eigenvalue weighted by Crippen LogP contribution is -2.54. The third-order valence-corrected chi connectivity index (χ3v) is 4.47. The van der Waals surface area contributed by atoms with E-state index in [2.05, 4.69) is 16.9 Å². The highest BCUT2D eigenvalue weighted by molar-refractivity contribution is 5.90. The monoisotopic (exact) mass is 263 g/mol. The van der Waals surface area contributed by atoms with Gasteiger partial charge in [0.2, 0.25) is 0 Å². The van der Waals surface area contributed by atoms with Crippen molar-refractivity contribution in [1.29, 1.82) is 0 Å². The van der Waals surface area contributed by atoms with Crippen molar-refractivity contribution in [2.24, 2.45) is 13.0 Å². The molecule has 0 spiro atoms. The van der Waals surface area contributed by atoms with E-state index in [1.165, 1.54) is 6.42 Å². The van der Waals surface area contributed by atoms with Crippen LogP contribution >= 0.6 is 0 Å². The lowest BCUT2D eigenvalue weighted by molar-refractivity contribution is -0.132. The fourth-order valence-electron chi connectivity index (χ4n) is 3.35. The number of Topliss-reactive ketones (excluding diaryl/α,β-unsaturated/α-hetero) is 1. The first-order valence-corrected chi connectivity index (χ1v) is 7.12. The van der Waals surface area contributed by atoms with E-state index in [-0.39, 0.29) is 5.54 Å². The molecule has 19 heavy (non-hydrogen) atoms. The molecule has 0 radical (unpaired) electrons. The molecule has 1 heterocycles. The minimum Gasteiger partial charge on any atom is -0.297 e. The maximum Gasteiger partial charge on any atom is 0.157 e. The van der Waals surface area contributed by atoms with Gasteiger partial charge in [-0.3, -0.25) is 14.4 Å². The number of nitrogens with zero attached hydrogens (tertiary/aromatic N) is 3. The molecular formula is C15H25N3O. The summed E-state index contributed by atoms with van der Waals surface area (Å²) >= 11 is 0.